The van der Waals surface area contributed by atoms with E-state index in [1.54, 1.807) is 0 Å². The minimum Gasteiger partial charge on any atom is -0.481 e. The van der Waals surface area contributed by atoms with E-state index in [0.717, 1.165) is 0 Å². The smallest absolute Gasteiger partial charge is 0.331 e. The molecule has 112 valence electrons. The lowest BCUT2D eigenvalue weighted by molar-refractivity contribution is -0.145. The molecule has 7 N–H and O–H groups in total. The molecule has 2 aromatic heterocycles. The number of aromatic nitrogens is 4. The van der Waals surface area contributed by atoms with Crippen LogP contribution in [0.1, 0.15) is 25.1 Å². The minimum atomic E-state index is -1.92. The Balaban J connectivity index is 2.39. The Bertz CT molecular complexity index is 699. The van der Waals surface area contributed by atoms with Gasteiger partial charge in [0.1, 0.15) is 5.52 Å². The standard InChI is InChI=1S/C11H14N6O4/c12-7-6-8(15-4-14-6)17-9(16-7)11(13,10(20)21)3-1-2-5(18)19/h4H,1-3,13H2,(H,18,19)(H,20,21)(H3,12,14,15,16,17). The summed E-state index contributed by atoms with van der Waals surface area (Å²) in [5.41, 5.74) is 10.2. The Labute approximate surface area is 118 Å². The number of nitrogens with one attached hydrogen (secondary N) is 1. The summed E-state index contributed by atoms with van der Waals surface area (Å²) in [4.78, 5) is 36.5. The van der Waals surface area contributed by atoms with E-state index < -0.39 is 17.5 Å². The lowest BCUT2D eigenvalue weighted by Gasteiger charge is -2.22. The van der Waals surface area contributed by atoms with Crippen molar-refractivity contribution in [2.45, 2.75) is 24.8 Å². The number of carbonyl (C=O) groups is 2. The zero-order chi connectivity index (χ0) is 15.6. The Morgan fingerprint density at radius 2 is 2.05 bits per heavy atom. The third-order valence-corrected chi connectivity index (χ3v) is 3.06. The van der Waals surface area contributed by atoms with Gasteiger partial charge in [-0.3, -0.25) is 4.79 Å². The molecule has 2 aromatic rings. The van der Waals surface area contributed by atoms with Gasteiger partial charge in [-0.2, -0.15) is 0 Å². The molecule has 0 saturated carbocycles. The van der Waals surface area contributed by atoms with Crippen molar-refractivity contribution < 1.29 is 19.8 Å². The number of nitrogen functional groups attached to an aromatic ring is 1. The lowest BCUT2D eigenvalue weighted by Crippen LogP contribution is -2.46. The van der Waals surface area contributed by atoms with Gasteiger partial charge in [0, 0.05) is 6.42 Å². The highest BCUT2D eigenvalue weighted by molar-refractivity contribution is 5.84. The molecule has 0 aromatic carbocycles. The van der Waals surface area contributed by atoms with Crippen LogP contribution in [0.5, 0.6) is 0 Å². The van der Waals surface area contributed by atoms with Crippen molar-refractivity contribution in [1.29, 1.82) is 0 Å². The largest absolute Gasteiger partial charge is 0.481 e. The van der Waals surface area contributed by atoms with Gasteiger partial charge >= 0.3 is 11.9 Å². The number of rotatable bonds is 6. The molecule has 0 saturated heterocycles. The molecule has 1 unspecified atom stereocenters. The van der Waals surface area contributed by atoms with E-state index in [9.17, 15) is 14.7 Å². The van der Waals surface area contributed by atoms with E-state index in [1.165, 1.54) is 6.33 Å². The highest BCUT2D eigenvalue weighted by Crippen LogP contribution is 2.25. The molecule has 0 aliphatic carbocycles. The molecule has 0 radical (unpaired) electrons. The molecule has 10 nitrogen and oxygen atoms in total. The second-order valence-corrected chi connectivity index (χ2v) is 4.56. The maximum absolute atomic E-state index is 11.5. The number of aromatic amines is 1. The first-order valence-electron chi connectivity index (χ1n) is 6.05. The van der Waals surface area contributed by atoms with Crippen LogP contribution in [0.4, 0.5) is 5.82 Å². The van der Waals surface area contributed by atoms with Crippen LogP contribution < -0.4 is 11.5 Å². The number of fused-ring (bicyclic) bond motifs is 1. The summed E-state index contributed by atoms with van der Waals surface area (Å²) in [6.07, 6.45) is 1.08. The third kappa shape index (κ3) is 2.74. The average molecular weight is 294 g/mol. The minimum absolute atomic E-state index is 0.0295. The number of carboxylic acids is 2. The predicted octanol–water partition coefficient (Wildman–Crippen LogP) is -0.571. The number of aliphatic carboxylic acids is 2. The summed E-state index contributed by atoms with van der Waals surface area (Å²) >= 11 is 0. The summed E-state index contributed by atoms with van der Waals surface area (Å²) in [6, 6.07) is 0. The van der Waals surface area contributed by atoms with Crippen molar-refractivity contribution in [2.24, 2.45) is 5.73 Å². The summed E-state index contributed by atoms with van der Waals surface area (Å²) in [6.45, 7) is 0. The number of imidazole rings is 1. The van der Waals surface area contributed by atoms with Crippen LogP contribution in [-0.2, 0) is 15.1 Å². The lowest BCUT2D eigenvalue weighted by atomic mass is 9.92. The first-order valence-corrected chi connectivity index (χ1v) is 6.05. The number of hydrogen-bond donors (Lipinski definition) is 5. The zero-order valence-electron chi connectivity index (χ0n) is 10.9. The quantitative estimate of drug-likeness (QED) is 0.465. The molecule has 21 heavy (non-hydrogen) atoms. The third-order valence-electron chi connectivity index (χ3n) is 3.06. The Hall–Kier alpha value is -2.75. The Kier molecular flexibility index (Phi) is 3.72. The molecular formula is C11H14N6O4. The molecule has 1 atom stereocenters. The van der Waals surface area contributed by atoms with Crippen molar-refractivity contribution in [3.63, 3.8) is 0 Å². The molecule has 0 amide bonds. The molecule has 0 fully saturated rings. The van der Waals surface area contributed by atoms with Crippen LogP contribution in [0.2, 0.25) is 0 Å². The van der Waals surface area contributed by atoms with Crippen molar-refractivity contribution in [3.05, 3.63) is 12.2 Å². The fraction of sp³-hybridized carbons (Fsp3) is 0.364. The molecule has 2 heterocycles. The second-order valence-electron chi connectivity index (χ2n) is 4.56. The summed E-state index contributed by atoms with van der Waals surface area (Å²) in [5.74, 6) is -2.56. The fourth-order valence-electron chi connectivity index (χ4n) is 1.89. The van der Waals surface area contributed by atoms with Crippen molar-refractivity contribution >= 4 is 28.9 Å². The number of hydrogen-bond acceptors (Lipinski definition) is 7. The number of H-pyrrole nitrogens is 1. The molecule has 0 aliphatic rings. The topological polar surface area (TPSA) is 181 Å². The number of carboxylic acid groups (broad SMARTS) is 2. The van der Waals surface area contributed by atoms with E-state index >= 15 is 0 Å². The number of anilines is 1. The van der Waals surface area contributed by atoms with Crippen LogP contribution in [0.25, 0.3) is 11.2 Å². The molecule has 2 rings (SSSR count). The predicted molar refractivity (Wildman–Crippen MR) is 71.1 cm³/mol. The number of nitrogens with zero attached hydrogens (tertiary/aromatic N) is 3. The van der Waals surface area contributed by atoms with Crippen molar-refractivity contribution in [3.8, 4) is 0 Å². The van der Waals surface area contributed by atoms with E-state index in [1.807, 2.05) is 0 Å². The highest BCUT2D eigenvalue weighted by Gasteiger charge is 2.39. The first-order chi connectivity index (χ1) is 9.84. The maximum atomic E-state index is 11.5. The van der Waals surface area contributed by atoms with Gasteiger partial charge in [0.2, 0.25) is 0 Å². The van der Waals surface area contributed by atoms with Gasteiger partial charge in [0.15, 0.2) is 22.8 Å². The average Bonchev–Trinajstić information content (AvgIpc) is 2.86. The van der Waals surface area contributed by atoms with Gasteiger partial charge in [-0.15, -0.1) is 0 Å². The van der Waals surface area contributed by atoms with Gasteiger partial charge in [0.05, 0.1) is 6.33 Å². The molecule has 0 aliphatic heterocycles. The van der Waals surface area contributed by atoms with Gasteiger partial charge < -0.3 is 26.7 Å². The summed E-state index contributed by atoms with van der Waals surface area (Å²) < 4.78 is 0. The summed E-state index contributed by atoms with van der Waals surface area (Å²) in [7, 11) is 0. The molecule has 10 heteroatoms. The van der Waals surface area contributed by atoms with Gasteiger partial charge in [-0.25, -0.2) is 19.7 Å². The van der Waals surface area contributed by atoms with Gasteiger partial charge in [-0.1, -0.05) is 0 Å². The van der Waals surface area contributed by atoms with Gasteiger partial charge in [-0.05, 0) is 12.8 Å². The van der Waals surface area contributed by atoms with E-state index in [2.05, 4.69) is 19.9 Å². The Morgan fingerprint density at radius 1 is 1.33 bits per heavy atom. The highest BCUT2D eigenvalue weighted by atomic mass is 16.4. The van der Waals surface area contributed by atoms with Crippen LogP contribution in [0, 0.1) is 0 Å². The van der Waals surface area contributed by atoms with Gasteiger partial charge in [0.25, 0.3) is 0 Å². The molecule has 0 bridgehead atoms. The zero-order valence-corrected chi connectivity index (χ0v) is 10.9. The summed E-state index contributed by atoms with van der Waals surface area (Å²) in [5, 5.41) is 18.0. The number of nitrogens with two attached hydrogens (primary N) is 2. The van der Waals surface area contributed by atoms with E-state index in [0.29, 0.717) is 5.52 Å². The molecular weight excluding hydrogens is 280 g/mol. The fourth-order valence-corrected chi connectivity index (χ4v) is 1.89. The Morgan fingerprint density at radius 3 is 2.67 bits per heavy atom. The van der Waals surface area contributed by atoms with Crippen molar-refractivity contribution in [1.82, 2.24) is 19.9 Å². The van der Waals surface area contributed by atoms with E-state index in [-0.39, 0.29) is 36.6 Å². The second kappa shape index (κ2) is 5.32. The maximum Gasteiger partial charge on any atom is 0.331 e. The normalized spacial score (nSPS) is 14.0. The van der Waals surface area contributed by atoms with Crippen LogP contribution in [-0.4, -0.2) is 42.1 Å². The monoisotopic (exact) mass is 294 g/mol. The van der Waals surface area contributed by atoms with Crippen LogP contribution >= 0.6 is 0 Å². The van der Waals surface area contributed by atoms with Crippen LogP contribution in [0.3, 0.4) is 0 Å². The first kappa shape index (κ1) is 14.7. The SMILES string of the molecule is Nc1nc(C(N)(CCCC(=O)O)C(=O)O)nc2nc[nH]c12. The van der Waals surface area contributed by atoms with Crippen molar-refractivity contribution in [2.75, 3.05) is 5.73 Å². The molecule has 0 spiro atoms. The van der Waals surface area contributed by atoms with Crippen LogP contribution in [0.15, 0.2) is 6.33 Å². The van der Waals surface area contributed by atoms with E-state index in [4.69, 9.17) is 16.6 Å².